The minimum atomic E-state index is -0.208. The van der Waals surface area contributed by atoms with Gasteiger partial charge in [0.15, 0.2) is 5.76 Å². The zero-order valence-corrected chi connectivity index (χ0v) is 10.4. The van der Waals surface area contributed by atoms with E-state index in [1.54, 1.807) is 43.4 Å². The van der Waals surface area contributed by atoms with Crippen LogP contribution in [-0.4, -0.2) is 18.1 Å². The van der Waals surface area contributed by atoms with E-state index in [-0.39, 0.29) is 11.7 Å². The first-order valence-corrected chi connectivity index (χ1v) is 5.77. The lowest BCUT2D eigenvalue weighted by Gasteiger charge is -2.15. The van der Waals surface area contributed by atoms with Crippen molar-refractivity contribution in [1.82, 2.24) is 0 Å². The van der Waals surface area contributed by atoms with Gasteiger partial charge in [-0.05, 0) is 36.4 Å². The average Bonchev–Trinajstić information content (AvgIpc) is 2.86. The van der Waals surface area contributed by atoms with Gasteiger partial charge in [-0.3, -0.25) is 4.79 Å². The molecule has 0 bridgehead atoms. The van der Waals surface area contributed by atoms with Crippen LogP contribution in [0.25, 0.3) is 0 Å². The van der Waals surface area contributed by atoms with Gasteiger partial charge in [-0.25, -0.2) is 0 Å². The molecular weight excluding hydrogens is 230 g/mol. The summed E-state index contributed by atoms with van der Waals surface area (Å²) in [6, 6.07) is 9.92. The third-order valence-corrected chi connectivity index (χ3v) is 2.76. The summed E-state index contributed by atoms with van der Waals surface area (Å²) in [5.74, 6) is 1.08. The van der Waals surface area contributed by atoms with Crippen molar-refractivity contribution in [3.8, 4) is 5.75 Å². The molecule has 0 radical (unpaired) electrons. The van der Waals surface area contributed by atoms with Crippen LogP contribution in [0, 0.1) is 0 Å². The van der Waals surface area contributed by atoms with E-state index in [1.165, 1.54) is 4.90 Å². The average molecular weight is 245 g/mol. The molecule has 0 saturated heterocycles. The fourth-order valence-electron chi connectivity index (χ4n) is 1.64. The Labute approximate surface area is 105 Å². The molecule has 94 valence electrons. The number of amides is 1. The molecular formula is C14H15NO3. The fourth-order valence-corrected chi connectivity index (χ4v) is 1.64. The first kappa shape index (κ1) is 12.2. The zero-order valence-electron chi connectivity index (χ0n) is 10.4. The number of benzene rings is 1. The van der Waals surface area contributed by atoms with Gasteiger partial charge in [-0.1, -0.05) is 6.92 Å². The van der Waals surface area contributed by atoms with Gasteiger partial charge >= 0.3 is 0 Å². The quantitative estimate of drug-likeness (QED) is 0.904. The number of aryl methyl sites for hydroxylation is 1. The molecule has 0 aliphatic rings. The van der Waals surface area contributed by atoms with Gasteiger partial charge < -0.3 is 14.4 Å². The third kappa shape index (κ3) is 2.37. The highest BCUT2D eigenvalue weighted by Gasteiger charge is 2.17. The van der Waals surface area contributed by atoms with Crippen LogP contribution in [0.3, 0.4) is 0 Å². The first-order chi connectivity index (χ1) is 8.61. The fraction of sp³-hybridized carbons (Fsp3) is 0.214. The molecule has 18 heavy (non-hydrogen) atoms. The van der Waals surface area contributed by atoms with E-state index in [0.29, 0.717) is 11.4 Å². The number of phenolic OH excluding ortho intramolecular Hbond substituents is 1. The number of phenols is 1. The molecule has 1 amide bonds. The number of nitrogens with zero attached hydrogens (tertiary/aromatic N) is 1. The predicted octanol–water partition coefficient (Wildman–Crippen LogP) is 2.82. The smallest absolute Gasteiger partial charge is 0.293 e. The number of hydrogen-bond acceptors (Lipinski definition) is 3. The Balaban J connectivity index is 2.20. The van der Waals surface area contributed by atoms with Gasteiger partial charge in [0, 0.05) is 19.2 Å². The SMILES string of the molecule is CCc1ccc(C(=O)N(C)c2ccc(O)cc2)o1. The first-order valence-electron chi connectivity index (χ1n) is 5.77. The third-order valence-electron chi connectivity index (χ3n) is 2.76. The molecule has 1 heterocycles. The summed E-state index contributed by atoms with van der Waals surface area (Å²) in [6.45, 7) is 1.97. The maximum absolute atomic E-state index is 12.1. The van der Waals surface area contributed by atoms with Crippen LogP contribution < -0.4 is 4.90 Å². The monoisotopic (exact) mass is 245 g/mol. The molecule has 1 N–H and O–H groups in total. The number of hydrogen-bond donors (Lipinski definition) is 1. The lowest BCUT2D eigenvalue weighted by molar-refractivity contribution is 0.0965. The highest BCUT2D eigenvalue weighted by atomic mass is 16.4. The molecule has 0 unspecified atom stereocenters. The van der Waals surface area contributed by atoms with E-state index in [2.05, 4.69) is 0 Å². The molecule has 0 aliphatic heterocycles. The Bertz CT molecular complexity index is 542. The highest BCUT2D eigenvalue weighted by Crippen LogP contribution is 2.20. The maximum Gasteiger partial charge on any atom is 0.293 e. The van der Waals surface area contributed by atoms with Gasteiger partial charge in [0.05, 0.1) is 0 Å². The van der Waals surface area contributed by atoms with E-state index in [9.17, 15) is 9.90 Å². The van der Waals surface area contributed by atoms with E-state index < -0.39 is 0 Å². The molecule has 0 fully saturated rings. The predicted molar refractivity (Wildman–Crippen MR) is 68.9 cm³/mol. The van der Waals surface area contributed by atoms with Crippen molar-refractivity contribution in [2.24, 2.45) is 0 Å². The van der Waals surface area contributed by atoms with Gasteiger partial charge in [0.1, 0.15) is 11.5 Å². The molecule has 0 spiro atoms. The van der Waals surface area contributed by atoms with Crippen molar-refractivity contribution < 1.29 is 14.3 Å². The molecule has 4 heteroatoms. The number of carbonyl (C=O) groups is 1. The summed E-state index contributed by atoms with van der Waals surface area (Å²) in [6.07, 6.45) is 0.760. The Morgan fingerprint density at radius 3 is 2.44 bits per heavy atom. The second kappa shape index (κ2) is 4.96. The molecule has 0 saturated carbocycles. The molecule has 2 rings (SSSR count). The molecule has 1 aromatic carbocycles. The van der Waals surface area contributed by atoms with Crippen LogP contribution in [-0.2, 0) is 6.42 Å². The molecule has 2 aromatic rings. The van der Waals surface area contributed by atoms with Crippen molar-refractivity contribution >= 4 is 11.6 Å². The zero-order chi connectivity index (χ0) is 13.1. The van der Waals surface area contributed by atoms with E-state index in [0.717, 1.165) is 12.2 Å². The second-order valence-electron chi connectivity index (χ2n) is 4.00. The van der Waals surface area contributed by atoms with Crippen molar-refractivity contribution in [2.75, 3.05) is 11.9 Å². The molecule has 0 aliphatic carbocycles. The van der Waals surface area contributed by atoms with Gasteiger partial charge in [-0.15, -0.1) is 0 Å². The number of anilines is 1. The van der Waals surface area contributed by atoms with Gasteiger partial charge in [-0.2, -0.15) is 0 Å². The van der Waals surface area contributed by atoms with Gasteiger partial charge in [0.25, 0.3) is 5.91 Å². The van der Waals surface area contributed by atoms with Crippen LogP contribution >= 0.6 is 0 Å². The Hall–Kier alpha value is -2.23. The maximum atomic E-state index is 12.1. The van der Waals surface area contributed by atoms with Crippen LogP contribution in [0.4, 0.5) is 5.69 Å². The normalized spacial score (nSPS) is 10.3. The Morgan fingerprint density at radius 2 is 1.89 bits per heavy atom. The summed E-state index contributed by atoms with van der Waals surface area (Å²) in [4.78, 5) is 13.6. The van der Waals surface area contributed by atoms with Gasteiger partial charge in [0.2, 0.25) is 0 Å². The highest BCUT2D eigenvalue weighted by molar-refractivity contribution is 6.03. The Kier molecular flexibility index (Phi) is 3.37. The van der Waals surface area contributed by atoms with E-state index >= 15 is 0 Å². The van der Waals surface area contributed by atoms with E-state index in [4.69, 9.17) is 4.42 Å². The second-order valence-corrected chi connectivity index (χ2v) is 4.00. The van der Waals surface area contributed by atoms with Crippen LogP contribution in [0.15, 0.2) is 40.8 Å². The summed E-state index contributed by atoms with van der Waals surface area (Å²) >= 11 is 0. The largest absolute Gasteiger partial charge is 0.508 e. The minimum absolute atomic E-state index is 0.172. The van der Waals surface area contributed by atoms with Crippen LogP contribution in [0.1, 0.15) is 23.2 Å². The van der Waals surface area contributed by atoms with Crippen LogP contribution in [0.2, 0.25) is 0 Å². The standard InChI is InChI=1S/C14H15NO3/c1-3-12-8-9-13(18-12)14(17)15(2)10-4-6-11(16)7-5-10/h4-9,16H,3H2,1-2H3. The number of aromatic hydroxyl groups is 1. The topological polar surface area (TPSA) is 53.7 Å². The summed E-state index contributed by atoms with van der Waals surface area (Å²) in [5, 5.41) is 9.21. The van der Waals surface area contributed by atoms with Crippen molar-refractivity contribution in [3.05, 3.63) is 47.9 Å². The Morgan fingerprint density at radius 1 is 1.22 bits per heavy atom. The molecule has 1 aromatic heterocycles. The van der Waals surface area contributed by atoms with Crippen LogP contribution in [0.5, 0.6) is 5.75 Å². The summed E-state index contributed by atoms with van der Waals surface area (Å²) in [7, 11) is 1.67. The summed E-state index contributed by atoms with van der Waals surface area (Å²) < 4.78 is 5.42. The molecule has 4 nitrogen and oxygen atoms in total. The van der Waals surface area contributed by atoms with Crippen molar-refractivity contribution in [2.45, 2.75) is 13.3 Å². The lowest BCUT2D eigenvalue weighted by atomic mass is 10.2. The summed E-state index contributed by atoms with van der Waals surface area (Å²) in [5.41, 5.74) is 0.701. The number of furan rings is 1. The van der Waals surface area contributed by atoms with E-state index in [1.807, 2.05) is 6.92 Å². The number of carbonyl (C=O) groups excluding carboxylic acids is 1. The number of rotatable bonds is 3. The lowest BCUT2D eigenvalue weighted by Crippen LogP contribution is -2.25. The molecule has 0 atom stereocenters. The minimum Gasteiger partial charge on any atom is -0.508 e. The van der Waals surface area contributed by atoms with Crippen molar-refractivity contribution in [3.63, 3.8) is 0 Å². The van der Waals surface area contributed by atoms with Crippen molar-refractivity contribution in [1.29, 1.82) is 0 Å².